The molecule has 4 aromatic rings. The lowest BCUT2D eigenvalue weighted by atomic mass is 10.1. The molecule has 0 bridgehead atoms. The summed E-state index contributed by atoms with van der Waals surface area (Å²) in [7, 11) is 0. The van der Waals surface area contributed by atoms with Gasteiger partial charge in [0, 0.05) is 11.1 Å². The van der Waals surface area contributed by atoms with Crippen LogP contribution in [0.2, 0.25) is 0 Å². The molecule has 1 heterocycles. The summed E-state index contributed by atoms with van der Waals surface area (Å²) in [6.07, 6.45) is 0. The third-order valence-electron chi connectivity index (χ3n) is 4.45. The van der Waals surface area contributed by atoms with Gasteiger partial charge >= 0.3 is 5.97 Å². The number of benzene rings is 3. The maximum Gasteiger partial charge on any atom is 0.316 e. The van der Waals surface area contributed by atoms with Gasteiger partial charge in [-0.05, 0) is 30.5 Å². The Bertz CT molecular complexity index is 1140. The molecule has 146 valence electrons. The van der Waals surface area contributed by atoms with E-state index in [2.05, 4.69) is 10.2 Å². The molecular formula is C22H19N3O3S. The second-order valence-corrected chi connectivity index (χ2v) is 7.74. The zero-order chi connectivity index (χ0) is 20.2. The highest BCUT2D eigenvalue weighted by atomic mass is 32.2. The number of carboxylic acids is 1. The van der Waals surface area contributed by atoms with Gasteiger partial charge in [-0.1, -0.05) is 66.4 Å². The van der Waals surface area contributed by atoms with Crippen molar-refractivity contribution >= 4 is 28.5 Å². The number of aliphatic carboxylic acids is 1. The summed E-state index contributed by atoms with van der Waals surface area (Å²) >= 11 is 1.15. The van der Waals surface area contributed by atoms with Crippen molar-refractivity contribution in [2.75, 3.05) is 0 Å². The fraction of sp³-hybridized carbons (Fsp3) is 0.136. The van der Waals surface area contributed by atoms with Crippen molar-refractivity contribution in [3.63, 3.8) is 0 Å². The van der Waals surface area contributed by atoms with E-state index in [-0.39, 0.29) is 6.61 Å². The van der Waals surface area contributed by atoms with Gasteiger partial charge in [0.15, 0.2) is 11.0 Å². The second kappa shape index (κ2) is 8.36. The van der Waals surface area contributed by atoms with Gasteiger partial charge in [0.1, 0.15) is 17.6 Å². The van der Waals surface area contributed by atoms with E-state index in [1.807, 2.05) is 77.4 Å². The number of para-hydroxylation sites is 1. The summed E-state index contributed by atoms with van der Waals surface area (Å²) in [4.78, 5) is 11.3. The Morgan fingerprint density at radius 1 is 1.03 bits per heavy atom. The third-order valence-corrected chi connectivity index (χ3v) is 5.48. The molecule has 4 rings (SSSR count). The Hall–Kier alpha value is -3.32. The Morgan fingerprint density at radius 2 is 1.76 bits per heavy atom. The molecule has 0 saturated heterocycles. The van der Waals surface area contributed by atoms with Gasteiger partial charge in [-0.3, -0.25) is 9.36 Å². The van der Waals surface area contributed by atoms with Crippen molar-refractivity contribution in [1.29, 1.82) is 0 Å². The van der Waals surface area contributed by atoms with Gasteiger partial charge in [-0.2, -0.15) is 0 Å². The Kier molecular flexibility index (Phi) is 5.48. The third kappa shape index (κ3) is 4.09. The SMILES string of the molecule is C[C@H](Sc1nnc(COc2cccc3ccccc23)n1-c1ccccc1)C(=O)O. The van der Waals surface area contributed by atoms with E-state index in [1.165, 1.54) is 0 Å². The van der Waals surface area contributed by atoms with Gasteiger partial charge in [-0.25, -0.2) is 0 Å². The smallest absolute Gasteiger partial charge is 0.316 e. The highest BCUT2D eigenvalue weighted by Crippen LogP contribution is 2.28. The van der Waals surface area contributed by atoms with Crippen LogP contribution in [0.4, 0.5) is 0 Å². The molecule has 1 atom stereocenters. The molecule has 0 unspecified atom stereocenters. The van der Waals surface area contributed by atoms with Crippen molar-refractivity contribution in [3.05, 3.63) is 78.6 Å². The van der Waals surface area contributed by atoms with Crippen LogP contribution in [0, 0.1) is 0 Å². The molecule has 0 fully saturated rings. The van der Waals surface area contributed by atoms with Crippen molar-refractivity contribution in [1.82, 2.24) is 14.8 Å². The van der Waals surface area contributed by atoms with E-state index in [0.29, 0.717) is 11.0 Å². The van der Waals surface area contributed by atoms with Gasteiger partial charge in [0.2, 0.25) is 0 Å². The van der Waals surface area contributed by atoms with Crippen LogP contribution >= 0.6 is 11.8 Å². The number of hydrogen-bond acceptors (Lipinski definition) is 5. The summed E-state index contributed by atoms with van der Waals surface area (Å²) in [5, 5.41) is 19.8. The monoisotopic (exact) mass is 405 g/mol. The topological polar surface area (TPSA) is 77.2 Å². The Balaban J connectivity index is 1.66. The molecule has 7 heteroatoms. The predicted octanol–water partition coefficient (Wildman–Crippen LogP) is 4.56. The lowest BCUT2D eigenvalue weighted by Crippen LogP contribution is -2.13. The van der Waals surface area contributed by atoms with Crippen molar-refractivity contribution in [3.8, 4) is 11.4 Å². The van der Waals surface area contributed by atoms with E-state index in [1.54, 1.807) is 6.92 Å². The quantitative estimate of drug-likeness (QED) is 0.454. The number of ether oxygens (including phenoxy) is 1. The van der Waals surface area contributed by atoms with Crippen LogP contribution in [0.1, 0.15) is 12.7 Å². The maximum atomic E-state index is 11.3. The van der Waals surface area contributed by atoms with Crippen LogP contribution in [0.15, 0.2) is 78.0 Å². The molecular weight excluding hydrogens is 386 g/mol. The minimum absolute atomic E-state index is 0.206. The normalized spacial score (nSPS) is 12.0. The highest BCUT2D eigenvalue weighted by molar-refractivity contribution is 8.00. The fourth-order valence-electron chi connectivity index (χ4n) is 2.98. The molecule has 0 saturated carbocycles. The van der Waals surface area contributed by atoms with Gasteiger partial charge in [-0.15, -0.1) is 10.2 Å². The summed E-state index contributed by atoms with van der Waals surface area (Å²) < 4.78 is 7.93. The van der Waals surface area contributed by atoms with E-state index in [9.17, 15) is 9.90 Å². The first-order chi connectivity index (χ1) is 14.1. The lowest BCUT2D eigenvalue weighted by Gasteiger charge is -2.13. The summed E-state index contributed by atoms with van der Waals surface area (Å²) in [6.45, 7) is 1.83. The van der Waals surface area contributed by atoms with Crippen LogP contribution in [0.5, 0.6) is 5.75 Å². The van der Waals surface area contributed by atoms with Crippen LogP contribution in [-0.4, -0.2) is 31.1 Å². The molecule has 1 aromatic heterocycles. The van der Waals surface area contributed by atoms with Crippen LogP contribution in [0.25, 0.3) is 16.5 Å². The number of fused-ring (bicyclic) bond motifs is 1. The molecule has 0 amide bonds. The molecule has 0 aliphatic rings. The molecule has 0 aliphatic heterocycles. The number of hydrogen-bond donors (Lipinski definition) is 1. The second-order valence-electron chi connectivity index (χ2n) is 6.43. The number of nitrogens with zero attached hydrogens (tertiary/aromatic N) is 3. The minimum Gasteiger partial charge on any atom is -0.485 e. The number of rotatable bonds is 7. The largest absolute Gasteiger partial charge is 0.485 e. The number of aromatic nitrogens is 3. The maximum absolute atomic E-state index is 11.3. The first-order valence-electron chi connectivity index (χ1n) is 9.13. The Morgan fingerprint density at radius 3 is 2.55 bits per heavy atom. The standard InChI is InChI=1S/C22H19N3O3S/c1-15(21(26)27)29-22-24-23-20(25(22)17-10-3-2-4-11-17)14-28-19-13-7-9-16-8-5-6-12-18(16)19/h2-13,15H,14H2,1H3,(H,26,27)/t15-/m0/s1. The molecule has 0 spiro atoms. The number of carboxylic acid groups (broad SMARTS) is 1. The average Bonchev–Trinajstić information content (AvgIpc) is 3.15. The zero-order valence-electron chi connectivity index (χ0n) is 15.7. The van der Waals surface area contributed by atoms with Crippen molar-refractivity contribution < 1.29 is 14.6 Å². The van der Waals surface area contributed by atoms with Crippen molar-refractivity contribution in [2.45, 2.75) is 23.9 Å². The number of carbonyl (C=O) groups is 1. The van der Waals surface area contributed by atoms with E-state index >= 15 is 0 Å². The average molecular weight is 405 g/mol. The van der Waals surface area contributed by atoms with Crippen LogP contribution in [0.3, 0.4) is 0 Å². The molecule has 0 aliphatic carbocycles. The summed E-state index contributed by atoms with van der Waals surface area (Å²) in [5.41, 5.74) is 0.856. The zero-order valence-corrected chi connectivity index (χ0v) is 16.5. The fourth-order valence-corrected chi connectivity index (χ4v) is 3.80. The van der Waals surface area contributed by atoms with Crippen LogP contribution < -0.4 is 4.74 Å². The highest BCUT2D eigenvalue weighted by Gasteiger charge is 2.21. The first-order valence-corrected chi connectivity index (χ1v) is 10.0. The van der Waals surface area contributed by atoms with Gasteiger partial charge in [0.25, 0.3) is 0 Å². The minimum atomic E-state index is -0.897. The first kappa shape index (κ1) is 19.0. The van der Waals surface area contributed by atoms with Crippen molar-refractivity contribution in [2.24, 2.45) is 0 Å². The molecule has 0 radical (unpaired) electrons. The predicted molar refractivity (Wildman–Crippen MR) is 113 cm³/mol. The summed E-state index contributed by atoms with van der Waals surface area (Å²) in [5.74, 6) is 0.467. The molecule has 1 N–H and O–H groups in total. The van der Waals surface area contributed by atoms with Gasteiger partial charge < -0.3 is 9.84 Å². The molecule has 29 heavy (non-hydrogen) atoms. The Labute approximate surface area is 172 Å². The number of thioether (sulfide) groups is 1. The van der Waals surface area contributed by atoms with E-state index < -0.39 is 11.2 Å². The van der Waals surface area contributed by atoms with E-state index in [4.69, 9.17) is 4.74 Å². The van der Waals surface area contributed by atoms with Gasteiger partial charge in [0.05, 0.1) is 0 Å². The lowest BCUT2D eigenvalue weighted by molar-refractivity contribution is -0.136. The van der Waals surface area contributed by atoms with Crippen LogP contribution in [-0.2, 0) is 11.4 Å². The summed E-state index contributed by atoms with van der Waals surface area (Å²) in [6, 6.07) is 23.6. The van der Waals surface area contributed by atoms with E-state index in [0.717, 1.165) is 34.0 Å². The molecule has 6 nitrogen and oxygen atoms in total. The molecule has 3 aromatic carbocycles.